The van der Waals surface area contributed by atoms with Crippen LogP contribution in [0.3, 0.4) is 0 Å². The zero-order valence-corrected chi connectivity index (χ0v) is 66.4. The fourth-order valence-electron chi connectivity index (χ4n) is 16.3. The molecule has 0 radical (unpaired) electrons. The van der Waals surface area contributed by atoms with Crippen molar-refractivity contribution in [2.75, 3.05) is 109 Å². The minimum atomic E-state index is -4.89. The Bertz CT molecular complexity index is 3070. The first kappa shape index (κ1) is 90.6. The number of alkyl halides is 5. The number of carbonyl (C=O) groups excluding carboxylic acids is 12. The molecule has 5 aliphatic rings. The first-order valence-corrected chi connectivity index (χ1v) is 38.7. The van der Waals surface area contributed by atoms with E-state index in [2.05, 4.69) is 16.0 Å². The molecule has 5 rings (SSSR count). The first-order chi connectivity index (χ1) is 50.3. The third-order valence-electron chi connectivity index (χ3n) is 22.5. The highest BCUT2D eigenvalue weighted by molar-refractivity contribution is 6.01. The van der Waals surface area contributed by atoms with E-state index in [9.17, 15) is 46.3 Å². The largest absolute Gasteiger partial charge is 0.391 e. The Hall–Kier alpha value is -7.05. The van der Waals surface area contributed by atoms with Gasteiger partial charge in [0.1, 0.15) is 60.0 Å². The number of nitrogens with one attached hydrogen (secondary N) is 3. The van der Waals surface area contributed by atoms with E-state index in [0.717, 1.165) is 56.6 Å². The number of fused-ring (bicyclic) bond motifs is 3. The normalized spacial score (nSPS) is 27.3. The van der Waals surface area contributed by atoms with Crippen LogP contribution >= 0.6 is 0 Å². The monoisotopic (exact) mass is 1520 g/mol. The lowest BCUT2D eigenvalue weighted by molar-refractivity contribution is -0.161. The fourth-order valence-corrected chi connectivity index (χ4v) is 16.3. The van der Waals surface area contributed by atoms with Gasteiger partial charge in [-0.15, -0.1) is 0 Å². The van der Waals surface area contributed by atoms with Gasteiger partial charge in [0.05, 0.1) is 45.3 Å². The van der Waals surface area contributed by atoms with Crippen molar-refractivity contribution in [3.63, 3.8) is 0 Å². The Morgan fingerprint density at radius 3 is 1.94 bits per heavy atom. The maximum absolute atomic E-state index is 15.8. The number of ether oxygens (including phenoxy) is 2. The molecule has 3 aliphatic heterocycles. The molecular weight excluding hydrogens is 1400 g/mol. The van der Waals surface area contributed by atoms with Crippen LogP contribution in [0, 0.1) is 29.1 Å². The fraction of sp³-hybridized carbons (Fsp3) is 0.816. The number of likely N-dealkylation sites (N-methyl/N-ethyl adjacent to an activating group) is 7. The number of halogens is 5. The zero-order valence-electron chi connectivity index (χ0n) is 66.4. The molecule has 26 nitrogen and oxygen atoms in total. The van der Waals surface area contributed by atoms with E-state index in [4.69, 9.17) is 9.47 Å². The lowest BCUT2D eigenvalue weighted by Crippen LogP contribution is -2.71. The van der Waals surface area contributed by atoms with Gasteiger partial charge in [-0.3, -0.25) is 61.9 Å². The van der Waals surface area contributed by atoms with Crippen molar-refractivity contribution in [1.82, 2.24) is 60.0 Å². The quantitative estimate of drug-likeness (QED) is 0.0617. The van der Waals surface area contributed by atoms with Crippen LogP contribution in [0.5, 0.6) is 0 Å². The third-order valence-corrected chi connectivity index (χ3v) is 22.5. The summed E-state index contributed by atoms with van der Waals surface area (Å²) in [7, 11) is 11.1. The lowest BCUT2D eigenvalue weighted by atomic mass is 9.58. The van der Waals surface area contributed by atoms with Gasteiger partial charge in [-0.1, -0.05) is 112 Å². The summed E-state index contributed by atoms with van der Waals surface area (Å²) in [5, 5.41) is 8.55. The summed E-state index contributed by atoms with van der Waals surface area (Å²) in [6.45, 7) is 11.7. The summed E-state index contributed by atoms with van der Waals surface area (Å²) >= 11 is 0. The van der Waals surface area contributed by atoms with E-state index in [0.29, 0.717) is 32.1 Å². The van der Waals surface area contributed by atoms with E-state index in [1.807, 2.05) is 40.7 Å². The molecule has 0 aromatic rings. The van der Waals surface area contributed by atoms with Crippen molar-refractivity contribution in [1.29, 1.82) is 0 Å². The second-order valence-electron chi connectivity index (χ2n) is 31.6. The van der Waals surface area contributed by atoms with Crippen LogP contribution in [0.4, 0.5) is 22.0 Å². The smallest absolute Gasteiger partial charge is 0.379 e. The van der Waals surface area contributed by atoms with Crippen molar-refractivity contribution in [3.05, 3.63) is 12.2 Å². The van der Waals surface area contributed by atoms with Gasteiger partial charge >= 0.3 is 6.18 Å². The van der Waals surface area contributed by atoms with Crippen molar-refractivity contribution < 1.29 is 89.0 Å². The van der Waals surface area contributed by atoms with Crippen LogP contribution in [0.1, 0.15) is 190 Å². The van der Waals surface area contributed by atoms with Crippen molar-refractivity contribution in [2.24, 2.45) is 29.1 Å². The van der Waals surface area contributed by atoms with Crippen LogP contribution in [0.2, 0.25) is 0 Å². The van der Waals surface area contributed by atoms with Gasteiger partial charge < -0.3 is 69.5 Å². The van der Waals surface area contributed by atoms with Gasteiger partial charge in [0.2, 0.25) is 70.9 Å². The number of rotatable bonds is 22. The molecule has 2 saturated carbocycles. The molecular formula is C76H125F5N12O14. The van der Waals surface area contributed by atoms with Crippen molar-refractivity contribution in [3.8, 4) is 0 Å². The summed E-state index contributed by atoms with van der Waals surface area (Å²) in [6.07, 6.45) is -2.88. The van der Waals surface area contributed by atoms with Gasteiger partial charge in [0, 0.05) is 89.1 Å². The number of hydrogen-bond donors (Lipinski definition) is 3. The van der Waals surface area contributed by atoms with Gasteiger partial charge in [0.25, 0.3) is 0 Å². The topological polar surface area (TPSA) is 289 Å². The highest BCUT2D eigenvalue weighted by atomic mass is 19.4. The molecule has 3 N–H and O–H groups in total. The summed E-state index contributed by atoms with van der Waals surface area (Å²) in [5.41, 5.74) is -2.34. The number of amides is 12. The molecule has 2 saturated heterocycles. The Labute approximate surface area is 630 Å². The minimum absolute atomic E-state index is 0.00171. The molecule has 12 atom stereocenters. The summed E-state index contributed by atoms with van der Waals surface area (Å²) in [5.74, 6) is -11.3. The summed E-state index contributed by atoms with van der Waals surface area (Å²) in [6, 6.07) is -11.1. The van der Waals surface area contributed by atoms with E-state index >= 15 is 33.2 Å². The van der Waals surface area contributed by atoms with Crippen molar-refractivity contribution >= 4 is 70.9 Å². The second kappa shape index (κ2) is 41.1. The summed E-state index contributed by atoms with van der Waals surface area (Å²) < 4.78 is 82.1. The molecule has 12 amide bonds. The summed E-state index contributed by atoms with van der Waals surface area (Å²) in [4.78, 5) is 193. The third kappa shape index (κ3) is 24.5. The highest BCUT2D eigenvalue weighted by Crippen LogP contribution is 2.49. The Morgan fingerprint density at radius 2 is 1.36 bits per heavy atom. The number of hydrogen-bond acceptors (Lipinski definition) is 14. The molecule has 1 spiro atoms. The van der Waals surface area contributed by atoms with Crippen LogP contribution in [0.25, 0.3) is 0 Å². The van der Waals surface area contributed by atoms with E-state index in [-0.39, 0.29) is 77.4 Å². The van der Waals surface area contributed by atoms with Crippen LogP contribution in [-0.4, -0.2) is 296 Å². The van der Waals surface area contributed by atoms with E-state index in [1.165, 1.54) is 76.0 Å². The molecule has 2 bridgehead atoms. The predicted molar refractivity (Wildman–Crippen MR) is 391 cm³/mol. The first-order valence-electron chi connectivity index (χ1n) is 38.7. The lowest BCUT2D eigenvalue weighted by Gasteiger charge is -2.54. The molecule has 107 heavy (non-hydrogen) atoms. The van der Waals surface area contributed by atoms with Gasteiger partial charge in [0.15, 0.2) is 0 Å². The Balaban J connectivity index is 1.72. The minimum Gasteiger partial charge on any atom is -0.379 e. The van der Waals surface area contributed by atoms with Crippen LogP contribution in [0.15, 0.2) is 12.2 Å². The number of carbonyl (C=O) groups is 12. The molecule has 4 fully saturated rings. The standard InChI is InChI=1S/C76H125F5N12O14/c1-17-36-106-45-59-65(97)83-63(48(6)18-2)71(103)87(12)44-62(96)88(13)55-30-26-23-27-35-92(70(55)102)58(38-49-28-24-22-25-29-49)69(101)86(11)43-60(94)82-54(32-31-50(33-34-77)37-52(78)41-76(79,80)81)67(99)93-42-53(107-21-5)39-56(93)66(98)84-75(46-74(7,8)47-75)73(105)91(16)64(51(19-3)20-4)72(104)90(15)57(68(100)85(9)10)40-61(95)89(59)14/h23,26,48-59,63-64H,17-22,24-25,27-47H2,1-16H3,(H,82,94)(H,83,97)(H,84,98)/b26-23-/t48-,50?,52?,53+,54-,55-,56-,57-,58-,59-,63-,64-/m0/s1. The zero-order chi connectivity index (χ0) is 80.2. The average Bonchev–Trinajstić information content (AvgIpc) is 1.39. The highest BCUT2D eigenvalue weighted by Gasteiger charge is 2.59. The second-order valence-corrected chi connectivity index (χ2v) is 31.6. The molecule has 608 valence electrons. The maximum Gasteiger partial charge on any atom is 0.391 e. The van der Waals surface area contributed by atoms with Gasteiger partial charge in [-0.2, -0.15) is 13.2 Å². The van der Waals surface area contributed by atoms with E-state index < -0.39 is 218 Å². The Morgan fingerprint density at radius 1 is 0.720 bits per heavy atom. The Kier molecular flexibility index (Phi) is 34.8. The number of nitrogens with zero attached hydrogens (tertiary/aromatic N) is 9. The molecule has 31 heteroatoms. The molecule has 0 aromatic heterocycles. The molecule has 3 heterocycles. The molecule has 2 unspecified atom stereocenters. The van der Waals surface area contributed by atoms with Crippen molar-refractivity contribution in [2.45, 2.75) is 263 Å². The van der Waals surface area contributed by atoms with Crippen LogP contribution in [-0.2, 0) is 67.0 Å². The molecule has 2 aliphatic carbocycles. The van der Waals surface area contributed by atoms with E-state index in [1.54, 1.807) is 26.8 Å². The van der Waals surface area contributed by atoms with Crippen LogP contribution < -0.4 is 16.0 Å². The van der Waals surface area contributed by atoms with Gasteiger partial charge in [-0.25, -0.2) is 4.39 Å². The maximum atomic E-state index is 15.8. The predicted octanol–water partition coefficient (Wildman–Crippen LogP) is 6.22. The molecule has 0 aromatic carbocycles. The van der Waals surface area contributed by atoms with Gasteiger partial charge in [-0.05, 0) is 100 Å². The SMILES string of the molecule is CCCOC[C@H]1C(=O)N[C@@H]([C@@H](C)CC)C(=O)N(C)CC(=O)N(C)[C@H]2C/C=C\CCN(C2=O)[C@@H](CC2CCCCC2)C(=O)N(C)CC(=O)N[C@@H](CCC(CCF)CC(F)CC(F)(F)F)C(=O)N2C[C@H](OCC)C[C@H]2C(=O)NC2(CC(C)(C)C2)C(=O)N(C)[C@@H](C(CC)CC)C(=O)N(C)[C@H](C(=O)N(C)C)CC(=O)N1C. The average molecular weight is 1530 g/mol.